The Kier molecular flexibility index (Phi) is 3.18. The van der Waals surface area contributed by atoms with Gasteiger partial charge in [0.1, 0.15) is 0 Å². The highest BCUT2D eigenvalue weighted by atomic mass is 16.5. The van der Waals surface area contributed by atoms with Crippen molar-refractivity contribution in [3.8, 4) is 0 Å². The Morgan fingerprint density at radius 3 is 2.72 bits per heavy atom. The SMILES string of the molecule is Cc1cc(C)n(C2CCOC3(CCCCC3)C2)n1. The molecule has 0 amide bonds. The van der Waals surface area contributed by atoms with Gasteiger partial charge in [-0.15, -0.1) is 0 Å². The van der Waals surface area contributed by atoms with E-state index in [1.54, 1.807) is 0 Å². The average Bonchev–Trinajstić information content (AvgIpc) is 2.69. The fourth-order valence-corrected chi connectivity index (χ4v) is 3.77. The lowest BCUT2D eigenvalue weighted by Crippen LogP contribution is -2.42. The van der Waals surface area contributed by atoms with Gasteiger partial charge in [0.15, 0.2) is 0 Å². The quantitative estimate of drug-likeness (QED) is 0.760. The second kappa shape index (κ2) is 4.69. The molecule has 18 heavy (non-hydrogen) atoms. The van der Waals surface area contributed by atoms with E-state index in [9.17, 15) is 0 Å². The lowest BCUT2D eigenvalue weighted by Gasteiger charge is -2.43. The van der Waals surface area contributed by atoms with Gasteiger partial charge < -0.3 is 4.74 Å². The maximum atomic E-state index is 6.16. The molecule has 0 N–H and O–H groups in total. The third-order valence-corrected chi connectivity index (χ3v) is 4.62. The second-order valence-electron chi connectivity index (χ2n) is 6.11. The van der Waals surface area contributed by atoms with Gasteiger partial charge in [0.2, 0.25) is 0 Å². The number of hydrogen-bond acceptors (Lipinski definition) is 2. The molecule has 3 heteroatoms. The Morgan fingerprint density at radius 1 is 1.28 bits per heavy atom. The minimum absolute atomic E-state index is 0.174. The number of ether oxygens (including phenoxy) is 1. The highest BCUT2D eigenvalue weighted by molar-refractivity contribution is 5.08. The zero-order valence-electron chi connectivity index (χ0n) is 11.6. The summed E-state index contributed by atoms with van der Waals surface area (Å²) in [6, 6.07) is 2.73. The Labute approximate surface area is 110 Å². The third-order valence-electron chi connectivity index (χ3n) is 4.62. The molecule has 3 rings (SSSR count). The van der Waals surface area contributed by atoms with Crippen LogP contribution in [0.3, 0.4) is 0 Å². The molecule has 2 aliphatic rings. The maximum absolute atomic E-state index is 6.16. The zero-order valence-corrected chi connectivity index (χ0v) is 11.6. The van der Waals surface area contributed by atoms with Gasteiger partial charge in [-0.25, -0.2) is 0 Å². The predicted molar refractivity (Wildman–Crippen MR) is 71.7 cm³/mol. The fraction of sp³-hybridized carbons (Fsp3) is 0.800. The molecule has 3 nitrogen and oxygen atoms in total. The first-order valence-electron chi connectivity index (χ1n) is 7.35. The van der Waals surface area contributed by atoms with Gasteiger partial charge in [-0.3, -0.25) is 4.68 Å². The molecule has 0 bridgehead atoms. The van der Waals surface area contributed by atoms with Crippen molar-refractivity contribution in [3.63, 3.8) is 0 Å². The smallest absolute Gasteiger partial charge is 0.0703 e. The van der Waals surface area contributed by atoms with E-state index < -0.39 is 0 Å². The summed E-state index contributed by atoms with van der Waals surface area (Å²) in [5.74, 6) is 0. The second-order valence-corrected chi connectivity index (χ2v) is 6.11. The first-order chi connectivity index (χ1) is 8.69. The lowest BCUT2D eigenvalue weighted by molar-refractivity contribution is -0.115. The van der Waals surface area contributed by atoms with Gasteiger partial charge in [-0.05, 0) is 45.6 Å². The highest BCUT2D eigenvalue weighted by Crippen LogP contribution is 2.42. The Balaban J connectivity index is 1.79. The molecule has 1 atom stereocenters. The van der Waals surface area contributed by atoms with Crippen LogP contribution in [0.25, 0.3) is 0 Å². The van der Waals surface area contributed by atoms with Crippen LogP contribution < -0.4 is 0 Å². The summed E-state index contributed by atoms with van der Waals surface area (Å²) in [5, 5.41) is 4.67. The van der Waals surface area contributed by atoms with E-state index in [2.05, 4.69) is 29.7 Å². The van der Waals surface area contributed by atoms with Gasteiger partial charge in [-0.2, -0.15) is 5.10 Å². The summed E-state index contributed by atoms with van der Waals surface area (Å²) < 4.78 is 8.41. The van der Waals surface area contributed by atoms with Crippen molar-refractivity contribution in [3.05, 3.63) is 17.5 Å². The van der Waals surface area contributed by atoms with Crippen LogP contribution in [-0.4, -0.2) is 22.0 Å². The molecule has 1 aromatic heterocycles. The van der Waals surface area contributed by atoms with Gasteiger partial charge in [0.05, 0.1) is 17.3 Å². The number of rotatable bonds is 1. The summed E-state index contributed by atoms with van der Waals surface area (Å²) in [5.41, 5.74) is 2.61. The van der Waals surface area contributed by atoms with Crippen LogP contribution in [0.2, 0.25) is 0 Å². The van der Waals surface area contributed by atoms with Gasteiger partial charge in [0.25, 0.3) is 0 Å². The zero-order chi connectivity index (χ0) is 12.6. The summed E-state index contributed by atoms with van der Waals surface area (Å²) in [6.07, 6.45) is 8.84. The van der Waals surface area contributed by atoms with E-state index in [1.807, 2.05) is 0 Å². The molecular weight excluding hydrogens is 224 g/mol. The molecule has 100 valence electrons. The molecular formula is C15H24N2O. The minimum atomic E-state index is 0.174. The fourth-order valence-electron chi connectivity index (χ4n) is 3.77. The lowest BCUT2D eigenvalue weighted by atomic mass is 9.78. The minimum Gasteiger partial charge on any atom is -0.375 e. The van der Waals surface area contributed by atoms with Crippen molar-refractivity contribution in [2.45, 2.75) is 70.4 Å². The Morgan fingerprint density at radius 2 is 2.06 bits per heavy atom. The summed E-state index contributed by atoms with van der Waals surface area (Å²) in [6.45, 7) is 5.16. The molecule has 1 saturated carbocycles. The molecule has 2 fully saturated rings. The molecule has 1 aliphatic heterocycles. The van der Waals surface area contributed by atoms with Crippen molar-refractivity contribution in [2.24, 2.45) is 0 Å². The Bertz CT molecular complexity index is 413. The van der Waals surface area contributed by atoms with Crippen LogP contribution in [0.5, 0.6) is 0 Å². The van der Waals surface area contributed by atoms with E-state index in [-0.39, 0.29) is 5.60 Å². The molecule has 1 aliphatic carbocycles. The largest absolute Gasteiger partial charge is 0.375 e. The standard InChI is InChI=1S/C15H24N2O/c1-12-10-13(2)17(16-12)14-6-9-18-15(11-14)7-4-3-5-8-15/h10,14H,3-9,11H2,1-2H3. The van der Waals surface area contributed by atoms with E-state index in [0.29, 0.717) is 6.04 Å². The predicted octanol–water partition coefficient (Wildman–Crippen LogP) is 3.55. The maximum Gasteiger partial charge on any atom is 0.0703 e. The molecule has 2 heterocycles. The molecule has 1 saturated heterocycles. The van der Waals surface area contributed by atoms with Crippen LogP contribution in [0.4, 0.5) is 0 Å². The van der Waals surface area contributed by atoms with Gasteiger partial charge in [-0.1, -0.05) is 19.3 Å². The number of aromatic nitrogens is 2. The first-order valence-corrected chi connectivity index (χ1v) is 7.35. The Hall–Kier alpha value is -0.830. The molecule has 1 unspecified atom stereocenters. The summed E-state index contributed by atoms with van der Waals surface area (Å²) in [4.78, 5) is 0. The van der Waals surface area contributed by atoms with Crippen molar-refractivity contribution in [1.29, 1.82) is 0 Å². The van der Waals surface area contributed by atoms with Crippen LogP contribution in [0.15, 0.2) is 6.07 Å². The summed E-state index contributed by atoms with van der Waals surface area (Å²) in [7, 11) is 0. The molecule has 0 aromatic carbocycles. The molecule has 1 aromatic rings. The topological polar surface area (TPSA) is 27.1 Å². The first kappa shape index (κ1) is 12.2. The average molecular weight is 248 g/mol. The van der Waals surface area contributed by atoms with E-state index in [4.69, 9.17) is 4.74 Å². The summed E-state index contributed by atoms with van der Waals surface area (Å²) >= 11 is 0. The molecule has 0 radical (unpaired) electrons. The highest BCUT2D eigenvalue weighted by Gasteiger charge is 2.39. The van der Waals surface area contributed by atoms with Crippen molar-refractivity contribution in [1.82, 2.24) is 9.78 Å². The normalized spacial score (nSPS) is 27.6. The van der Waals surface area contributed by atoms with Crippen molar-refractivity contribution >= 4 is 0 Å². The van der Waals surface area contributed by atoms with Crippen LogP contribution in [0.1, 0.15) is 62.4 Å². The van der Waals surface area contributed by atoms with Crippen LogP contribution in [0, 0.1) is 13.8 Å². The van der Waals surface area contributed by atoms with Crippen LogP contribution in [-0.2, 0) is 4.74 Å². The number of hydrogen-bond donors (Lipinski definition) is 0. The van der Waals surface area contributed by atoms with Gasteiger partial charge >= 0.3 is 0 Å². The number of aryl methyl sites for hydroxylation is 2. The van der Waals surface area contributed by atoms with Crippen LogP contribution >= 0.6 is 0 Å². The van der Waals surface area contributed by atoms with E-state index in [1.165, 1.54) is 37.8 Å². The van der Waals surface area contributed by atoms with E-state index >= 15 is 0 Å². The number of nitrogens with zero attached hydrogens (tertiary/aromatic N) is 2. The molecule has 1 spiro atoms. The van der Waals surface area contributed by atoms with Crippen molar-refractivity contribution in [2.75, 3.05) is 6.61 Å². The van der Waals surface area contributed by atoms with Crippen molar-refractivity contribution < 1.29 is 4.74 Å². The monoisotopic (exact) mass is 248 g/mol. The van der Waals surface area contributed by atoms with E-state index in [0.717, 1.165) is 25.1 Å². The van der Waals surface area contributed by atoms with Gasteiger partial charge in [0, 0.05) is 12.3 Å². The third kappa shape index (κ3) is 2.20.